The average Bonchev–Trinajstić information content (AvgIpc) is 2.48. The van der Waals surface area contributed by atoms with Crippen molar-refractivity contribution >= 4 is 16.7 Å². The van der Waals surface area contributed by atoms with Crippen molar-refractivity contribution in [2.24, 2.45) is 0 Å². The van der Waals surface area contributed by atoms with Crippen LogP contribution in [-0.4, -0.2) is 29.8 Å². The Balaban J connectivity index is 1.89. The van der Waals surface area contributed by atoms with Crippen molar-refractivity contribution in [2.45, 2.75) is 25.3 Å². The fourth-order valence-electron chi connectivity index (χ4n) is 2.81. The summed E-state index contributed by atoms with van der Waals surface area (Å²) in [5.74, 6) is -0.225. The SMILES string of the molecule is CC1(NC(=O)c2ccc3ccccc3c2O)CCCOC1. The molecule has 3 rings (SSSR count). The number of fused-ring (bicyclic) bond motifs is 1. The quantitative estimate of drug-likeness (QED) is 0.892. The van der Waals surface area contributed by atoms with Gasteiger partial charge in [-0.1, -0.05) is 30.3 Å². The van der Waals surface area contributed by atoms with Crippen molar-refractivity contribution in [2.75, 3.05) is 13.2 Å². The van der Waals surface area contributed by atoms with Gasteiger partial charge in [0.2, 0.25) is 0 Å². The highest BCUT2D eigenvalue weighted by Gasteiger charge is 2.30. The fourth-order valence-corrected chi connectivity index (χ4v) is 2.81. The smallest absolute Gasteiger partial charge is 0.255 e. The van der Waals surface area contributed by atoms with Crippen LogP contribution in [0.5, 0.6) is 5.75 Å². The van der Waals surface area contributed by atoms with Gasteiger partial charge in [0.1, 0.15) is 5.75 Å². The number of rotatable bonds is 2. The molecule has 1 saturated heterocycles. The van der Waals surface area contributed by atoms with Gasteiger partial charge >= 0.3 is 0 Å². The summed E-state index contributed by atoms with van der Waals surface area (Å²) in [5, 5.41) is 14.9. The zero-order chi connectivity index (χ0) is 14.9. The standard InChI is InChI=1S/C17H19NO3/c1-17(9-4-10-21-11-17)18-16(20)14-8-7-12-5-2-3-6-13(12)15(14)19/h2-3,5-8,19H,4,9-11H2,1H3,(H,18,20). The molecule has 1 amide bonds. The number of hydrogen-bond acceptors (Lipinski definition) is 3. The highest BCUT2D eigenvalue weighted by Crippen LogP contribution is 2.29. The fraction of sp³-hybridized carbons (Fsp3) is 0.353. The number of phenols is 1. The van der Waals surface area contributed by atoms with E-state index in [2.05, 4.69) is 5.32 Å². The normalized spacial score (nSPS) is 22.1. The molecule has 1 unspecified atom stereocenters. The summed E-state index contributed by atoms with van der Waals surface area (Å²) >= 11 is 0. The highest BCUT2D eigenvalue weighted by atomic mass is 16.5. The van der Waals surface area contributed by atoms with Crippen LogP contribution in [0.25, 0.3) is 10.8 Å². The molecule has 2 aromatic rings. The summed E-state index contributed by atoms with van der Waals surface area (Å²) in [5.41, 5.74) is -0.0616. The number of ether oxygens (including phenoxy) is 1. The minimum atomic E-state index is -0.368. The predicted octanol–water partition coefficient (Wildman–Crippen LogP) is 2.84. The first-order valence-electron chi connectivity index (χ1n) is 7.20. The maximum atomic E-state index is 12.5. The molecular formula is C17H19NO3. The Hall–Kier alpha value is -2.07. The lowest BCUT2D eigenvalue weighted by Crippen LogP contribution is -2.51. The van der Waals surface area contributed by atoms with Crippen molar-refractivity contribution in [3.8, 4) is 5.75 Å². The zero-order valence-electron chi connectivity index (χ0n) is 12.1. The molecule has 1 atom stereocenters. The van der Waals surface area contributed by atoms with Crippen LogP contribution in [0.4, 0.5) is 0 Å². The molecule has 1 aliphatic rings. The summed E-state index contributed by atoms with van der Waals surface area (Å²) in [6, 6.07) is 11.0. The number of carbonyl (C=O) groups excluding carboxylic acids is 1. The Kier molecular flexibility index (Phi) is 3.55. The van der Waals surface area contributed by atoms with Gasteiger partial charge in [-0.3, -0.25) is 4.79 Å². The van der Waals surface area contributed by atoms with Crippen LogP contribution in [0.3, 0.4) is 0 Å². The number of amides is 1. The third-order valence-corrected chi connectivity index (χ3v) is 4.00. The summed E-state index contributed by atoms with van der Waals surface area (Å²) < 4.78 is 5.45. The van der Waals surface area contributed by atoms with Crippen LogP contribution in [0.15, 0.2) is 36.4 Å². The van der Waals surface area contributed by atoms with E-state index in [-0.39, 0.29) is 17.2 Å². The Morgan fingerprint density at radius 1 is 1.29 bits per heavy atom. The van der Waals surface area contributed by atoms with E-state index in [1.807, 2.05) is 37.3 Å². The van der Waals surface area contributed by atoms with Crippen LogP contribution in [0, 0.1) is 0 Å². The van der Waals surface area contributed by atoms with E-state index in [1.54, 1.807) is 6.07 Å². The number of carbonyl (C=O) groups is 1. The second-order valence-corrected chi connectivity index (χ2v) is 5.85. The van der Waals surface area contributed by atoms with Crippen LogP contribution >= 0.6 is 0 Å². The molecule has 0 saturated carbocycles. The molecule has 0 spiro atoms. The van der Waals surface area contributed by atoms with Gasteiger partial charge in [0.15, 0.2) is 0 Å². The van der Waals surface area contributed by atoms with Gasteiger partial charge in [0, 0.05) is 12.0 Å². The summed E-state index contributed by atoms with van der Waals surface area (Å²) in [6.07, 6.45) is 1.81. The molecule has 2 N–H and O–H groups in total. The zero-order valence-corrected chi connectivity index (χ0v) is 12.1. The third-order valence-electron chi connectivity index (χ3n) is 4.00. The summed E-state index contributed by atoms with van der Waals surface area (Å²) in [6.45, 7) is 3.22. The number of aromatic hydroxyl groups is 1. The molecule has 4 heteroatoms. The molecule has 0 radical (unpaired) electrons. The van der Waals surface area contributed by atoms with Crippen molar-refractivity contribution in [3.05, 3.63) is 42.0 Å². The molecule has 21 heavy (non-hydrogen) atoms. The van der Waals surface area contributed by atoms with Crippen molar-refractivity contribution in [1.82, 2.24) is 5.32 Å². The highest BCUT2D eigenvalue weighted by molar-refractivity contribution is 6.03. The number of phenolic OH excluding ortho intramolecular Hbond substituents is 1. The molecule has 0 aromatic heterocycles. The van der Waals surface area contributed by atoms with Gasteiger partial charge < -0.3 is 15.2 Å². The van der Waals surface area contributed by atoms with Gasteiger partial charge in [0.25, 0.3) is 5.91 Å². The molecular weight excluding hydrogens is 266 g/mol. The van der Waals surface area contributed by atoms with Gasteiger partial charge in [-0.2, -0.15) is 0 Å². The topological polar surface area (TPSA) is 58.6 Å². The third kappa shape index (κ3) is 2.72. The average molecular weight is 285 g/mol. The lowest BCUT2D eigenvalue weighted by atomic mass is 9.94. The Bertz CT molecular complexity index is 675. The Morgan fingerprint density at radius 3 is 2.86 bits per heavy atom. The van der Waals surface area contributed by atoms with Crippen molar-refractivity contribution < 1.29 is 14.6 Å². The van der Waals surface area contributed by atoms with Crippen LogP contribution in [-0.2, 0) is 4.74 Å². The van der Waals surface area contributed by atoms with E-state index >= 15 is 0 Å². The molecule has 0 aliphatic carbocycles. The van der Waals surface area contributed by atoms with Crippen LogP contribution in [0.2, 0.25) is 0 Å². The Morgan fingerprint density at radius 2 is 2.10 bits per heavy atom. The lowest BCUT2D eigenvalue weighted by Gasteiger charge is -2.34. The minimum absolute atomic E-state index is 0.0333. The first-order chi connectivity index (χ1) is 10.1. The van der Waals surface area contributed by atoms with Crippen molar-refractivity contribution in [1.29, 1.82) is 0 Å². The van der Waals surface area contributed by atoms with E-state index < -0.39 is 0 Å². The first kappa shape index (κ1) is 13.9. The van der Waals surface area contributed by atoms with E-state index in [9.17, 15) is 9.90 Å². The molecule has 1 heterocycles. The largest absolute Gasteiger partial charge is 0.506 e. The van der Waals surface area contributed by atoms with Gasteiger partial charge in [-0.15, -0.1) is 0 Å². The van der Waals surface area contributed by atoms with E-state index in [4.69, 9.17) is 4.74 Å². The van der Waals surface area contributed by atoms with Gasteiger partial charge in [0.05, 0.1) is 17.7 Å². The maximum absolute atomic E-state index is 12.5. The molecule has 2 aromatic carbocycles. The first-order valence-corrected chi connectivity index (χ1v) is 7.20. The van der Waals surface area contributed by atoms with Crippen LogP contribution < -0.4 is 5.32 Å². The Labute approximate surface area is 123 Å². The van der Waals surface area contributed by atoms with Crippen LogP contribution in [0.1, 0.15) is 30.1 Å². The summed E-state index contributed by atoms with van der Waals surface area (Å²) in [7, 11) is 0. The van der Waals surface area contributed by atoms with Gasteiger partial charge in [-0.25, -0.2) is 0 Å². The van der Waals surface area contributed by atoms with Gasteiger partial charge in [-0.05, 0) is 31.2 Å². The molecule has 0 bridgehead atoms. The van der Waals surface area contributed by atoms with Crippen molar-refractivity contribution in [3.63, 3.8) is 0 Å². The number of hydrogen-bond donors (Lipinski definition) is 2. The van der Waals surface area contributed by atoms with E-state index in [0.717, 1.165) is 24.8 Å². The summed E-state index contributed by atoms with van der Waals surface area (Å²) in [4.78, 5) is 12.5. The number of nitrogens with one attached hydrogen (secondary N) is 1. The lowest BCUT2D eigenvalue weighted by molar-refractivity contribution is 0.0272. The molecule has 1 aliphatic heterocycles. The monoisotopic (exact) mass is 285 g/mol. The maximum Gasteiger partial charge on any atom is 0.255 e. The molecule has 110 valence electrons. The predicted molar refractivity (Wildman–Crippen MR) is 81.5 cm³/mol. The molecule has 4 nitrogen and oxygen atoms in total. The second-order valence-electron chi connectivity index (χ2n) is 5.85. The number of benzene rings is 2. The van der Waals surface area contributed by atoms with E-state index in [0.29, 0.717) is 17.6 Å². The van der Waals surface area contributed by atoms with E-state index in [1.165, 1.54) is 0 Å². The second kappa shape index (κ2) is 5.37. The molecule has 1 fully saturated rings. The minimum Gasteiger partial charge on any atom is -0.506 e.